The second-order valence-corrected chi connectivity index (χ2v) is 6.70. The van der Waals surface area contributed by atoms with E-state index in [9.17, 15) is 4.79 Å². The van der Waals surface area contributed by atoms with Gasteiger partial charge in [0.05, 0.1) is 13.2 Å². The van der Waals surface area contributed by atoms with Gasteiger partial charge in [-0.25, -0.2) is 0 Å². The highest BCUT2D eigenvalue weighted by atomic mass is 32.1. The van der Waals surface area contributed by atoms with E-state index in [1.165, 1.54) is 0 Å². The summed E-state index contributed by atoms with van der Waals surface area (Å²) in [6.07, 6.45) is 0. The fourth-order valence-corrected chi connectivity index (χ4v) is 3.27. The number of nitrogens with zero attached hydrogens (tertiary/aromatic N) is 2. The number of ether oxygens (including phenoxy) is 2. The van der Waals surface area contributed by atoms with Gasteiger partial charge in [-0.05, 0) is 30.5 Å². The third-order valence-electron chi connectivity index (χ3n) is 4.07. The lowest BCUT2D eigenvalue weighted by Crippen LogP contribution is -2.29. The van der Waals surface area contributed by atoms with Gasteiger partial charge in [0.25, 0.3) is 5.91 Å². The molecular weight excluding hydrogens is 352 g/mol. The zero-order valence-corrected chi connectivity index (χ0v) is 15.7. The summed E-state index contributed by atoms with van der Waals surface area (Å²) in [5.74, 6) is 1.50. The molecule has 0 aliphatic heterocycles. The van der Waals surface area contributed by atoms with Crippen molar-refractivity contribution in [2.24, 2.45) is 0 Å². The molecule has 2 aromatic heterocycles. The molecule has 136 valence electrons. The summed E-state index contributed by atoms with van der Waals surface area (Å²) in [5.41, 5.74) is 0.259. The number of rotatable bonds is 7. The lowest BCUT2D eigenvalue weighted by Gasteiger charge is -2.22. The monoisotopic (exact) mass is 372 g/mol. The molecule has 2 heterocycles. The van der Waals surface area contributed by atoms with Crippen molar-refractivity contribution in [1.29, 1.82) is 0 Å². The minimum atomic E-state index is -0.196. The van der Waals surface area contributed by atoms with Crippen molar-refractivity contribution >= 4 is 17.2 Å². The molecular formula is C19H20N2O4S. The van der Waals surface area contributed by atoms with Gasteiger partial charge in [-0.15, -0.1) is 11.3 Å². The third kappa shape index (κ3) is 3.88. The number of methoxy groups -OCH3 is 1. The van der Waals surface area contributed by atoms with Crippen molar-refractivity contribution in [3.8, 4) is 11.5 Å². The van der Waals surface area contributed by atoms with E-state index in [0.29, 0.717) is 17.3 Å². The molecule has 6 nitrogen and oxygen atoms in total. The van der Waals surface area contributed by atoms with Gasteiger partial charge < -0.3 is 18.9 Å². The Bertz CT molecular complexity index is 860. The van der Waals surface area contributed by atoms with Crippen LogP contribution in [-0.2, 0) is 6.61 Å². The Morgan fingerprint density at radius 2 is 2.04 bits per heavy atom. The van der Waals surface area contributed by atoms with Gasteiger partial charge in [0.2, 0.25) is 0 Å². The van der Waals surface area contributed by atoms with Gasteiger partial charge in [0, 0.05) is 18.0 Å². The fraction of sp³-hybridized carbons (Fsp3) is 0.263. The van der Waals surface area contributed by atoms with E-state index in [4.69, 9.17) is 14.0 Å². The summed E-state index contributed by atoms with van der Waals surface area (Å²) >= 11 is 1.62. The molecule has 0 fully saturated rings. The van der Waals surface area contributed by atoms with Crippen molar-refractivity contribution in [2.45, 2.75) is 19.6 Å². The van der Waals surface area contributed by atoms with Gasteiger partial charge in [0.1, 0.15) is 6.61 Å². The molecule has 0 aliphatic rings. The van der Waals surface area contributed by atoms with Crippen LogP contribution < -0.4 is 9.47 Å². The molecule has 0 saturated carbocycles. The predicted molar refractivity (Wildman–Crippen MR) is 98.7 cm³/mol. The molecule has 7 heteroatoms. The minimum Gasteiger partial charge on any atom is -0.493 e. The van der Waals surface area contributed by atoms with Crippen molar-refractivity contribution in [3.63, 3.8) is 0 Å². The van der Waals surface area contributed by atoms with Gasteiger partial charge in [0.15, 0.2) is 23.0 Å². The summed E-state index contributed by atoms with van der Waals surface area (Å²) in [6.45, 7) is 2.14. The SMILES string of the molecule is COc1ccccc1OCc1cc(C(=O)N(C)[C@@H](C)c2cccs2)no1. The van der Waals surface area contributed by atoms with Gasteiger partial charge in [-0.1, -0.05) is 23.4 Å². The van der Waals surface area contributed by atoms with E-state index < -0.39 is 0 Å². The van der Waals surface area contributed by atoms with E-state index in [1.807, 2.05) is 42.6 Å². The Morgan fingerprint density at radius 3 is 2.73 bits per heavy atom. The predicted octanol–water partition coefficient (Wildman–Crippen LogP) is 4.16. The lowest BCUT2D eigenvalue weighted by atomic mass is 10.2. The Kier molecular flexibility index (Phi) is 5.58. The standard InChI is InChI=1S/C19H20N2O4S/c1-13(18-9-6-10-26-18)21(2)19(22)15-11-14(25-20-15)12-24-17-8-5-4-7-16(17)23-3/h4-11,13H,12H2,1-3H3/t13-/m0/s1. The Balaban J connectivity index is 1.64. The third-order valence-corrected chi connectivity index (χ3v) is 5.12. The average molecular weight is 372 g/mol. The molecule has 1 aromatic carbocycles. The minimum absolute atomic E-state index is 0.0347. The number of hydrogen-bond donors (Lipinski definition) is 0. The van der Waals surface area contributed by atoms with E-state index >= 15 is 0 Å². The highest BCUT2D eigenvalue weighted by molar-refractivity contribution is 7.10. The van der Waals surface area contributed by atoms with E-state index in [-0.39, 0.29) is 24.2 Å². The lowest BCUT2D eigenvalue weighted by molar-refractivity contribution is 0.0734. The van der Waals surface area contributed by atoms with Gasteiger partial charge in [-0.2, -0.15) is 0 Å². The second-order valence-electron chi connectivity index (χ2n) is 5.73. The molecule has 0 spiro atoms. The van der Waals surface area contributed by atoms with Crippen LogP contribution in [0.5, 0.6) is 11.5 Å². The van der Waals surface area contributed by atoms with Gasteiger partial charge in [-0.3, -0.25) is 4.79 Å². The van der Waals surface area contributed by atoms with Crippen LogP contribution in [0.3, 0.4) is 0 Å². The molecule has 1 atom stereocenters. The summed E-state index contributed by atoms with van der Waals surface area (Å²) < 4.78 is 16.2. The van der Waals surface area contributed by atoms with Crippen LogP contribution in [-0.4, -0.2) is 30.1 Å². The number of carbonyl (C=O) groups is 1. The van der Waals surface area contributed by atoms with Crippen molar-refractivity contribution in [1.82, 2.24) is 10.1 Å². The van der Waals surface area contributed by atoms with Crippen LogP contribution in [0, 0.1) is 0 Å². The van der Waals surface area contributed by atoms with E-state index in [1.54, 1.807) is 42.5 Å². The Morgan fingerprint density at radius 1 is 1.27 bits per heavy atom. The quantitative estimate of drug-likeness (QED) is 0.623. The van der Waals surface area contributed by atoms with Crippen molar-refractivity contribution in [3.05, 3.63) is 64.2 Å². The van der Waals surface area contributed by atoms with E-state index in [2.05, 4.69) is 5.16 Å². The first-order valence-electron chi connectivity index (χ1n) is 8.12. The molecule has 0 saturated heterocycles. The van der Waals surface area contributed by atoms with Crippen LogP contribution in [0.25, 0.3) is 0 Å². The second kappa shape index (κ2) is 8.05. The molecule has 0 bridgehead atoms. The van der Waals surface area contributed by atoms with E-state index in [0.717, 1.165) is 4.88 Å². The maximum absolute atomic E-state index is 12.6. The zero-order chi connectivity index (χ0) is 18.5. The van der Waals surface area contributed by atoms with Crippen LogP contribution in [0.15, 0.2) is 52.4 Å². The van der Waals surface area contributed by atoms with Crippen LogP contribution in [0.1, 0.15) is 34.1 Å². The molecule has 0 unspecified atom stereocenters. The first-order valence-corrected chi connectivity index (χ1v) is 9.00. The molecule has 26 heavy (non-hydrogen) atoms. The van der Waals surface area contributed by atoms with Crippen LogP contribution in [0.2, 0.25) is 0 Å². The normalized spacial score (nSPS) is 11.8. The maximum Gasteiger partial charge on any atom is 0.276 e. The Labute approximate surface area is 155 Å². The number of hydrogen-bond acceptors (Lipinski definition) is 6. The summed E-state index contributed by atoms with van der Waals surface area (Å²) in [7, 11) is 3.34. The summed E-state index contributed by atoms with van der Waals surface area (Å²) in [4.78, 5) is 15.4. The molecule has 0 radical (unpaired) electrons. The number of amides is 1. The fourth-order valence-electron chi connectivity index (χ4n) is 2.45. The molecule has 3 rings (SSSR count). The summed E-state index contributed by atoms with van der Waals surface area (Å²) in [5, 5.41) is 5.88. The maximum atomic E-state index is 12.6. The first-order chi connectivity index (χ1) is 12.6. The molecule has 0 N–H and O–H groups in total. The number of thiophene rings is 1. The number of para-hydroxylation sites is 2. The first kappa shape index (κ1) is 18.0. The average Bonchev–Trinajstić information content (AvgIpc) is 3.36. The number of aromatic nitrogens is 1. The smallest absolute Gasteiger partial charge is 0.276 e. The molecule has 3 aromatic rings. The van der Waals surface area contributed by atoms with Crippen LogP contribution in [0.4, 0.5) is 0 Å². The largest absolute Gasteiger partial charge is 0.493 e. The number of carbonyl (C=O) groups excluding carboxylic acids is 1. The summed E-state index contributed by atoms with van der Waals surface area (Å²) in [6, 6.07) is 12.9. The highest BCUT2D eigenvalue weighted by Gasteiger charge is 2.22. The number of benzene rings is 1. The van der Waals surface area contributed by atoms with Gasteiger partial charge >= 0.3 is 0 Å². The highest BCUT2D eigenvalue weighted by Crippen LogP contribution is 2.27. The zero-order valence-electron chi connectivity index (χ0n) is 14.8. The van der Waals surface area contributed by atoms with Crippen LogP contribution >= 0.6 is 11.3 Å². The topological polar surface area (TPSA) is 64.8 Å². The van der Waals surface area contributed by atoms with Crippen molar-refractivity contribution in [2.75, 3.05) is 14.2 Å². The van der Waals surface area contributed by atoms with Crippen molar-refractivity contribution < 1.29 is 18.8 Å². The Hall–Kier alpha value is -2.80. The molecule has 1 amide bonds. The molecule has 0 aliphatic carbocycles.